The van der Waals surface area contributed by atoms with Gasteiger partial charge in [0.25, 0.3) is 0 Å². The molecule has 0 saturated heterocycles. The van der Waals surface area contributed by atoms with E-state index in [0.717, 1.165) is 22.0 Å². The average molecular weight is 432 g/mol. The zero-order chi connectivity index (χ0) is 17.2. The van der Waals surface area contributed by atoms with Gasteiger partial charge in [-0.2, -0.15) is 0 Å². The van der Waals surface area contributed by atoms with Crippen LogP contribution in [-0.4, -0.2) is 18.0 Å². The number of hydrogen-bond donors (Lipinski definition) is 0. The van der Waals surface area contributed by atoms with Crippen molar-refractivity contribution in [1.29, 1.82) is 0 Å². The van der Waals surface area contributed by atoms with Gasteiger partial charge in [0.2, 0.25) is 0 Å². The predicted molar refractivity (Wildman–Crippen MR) is 97.8 cm³/mol. The molecule has 0 amide bonds. The predicted octanol–water partition coefficient (Wildman–Crippen LogP) is 4.48. The molecule has 1 rings (SSSR count). The van der Waals surface area contributed by atoms with E-state index in [1.54, 1.807) is 0 Å². The summed E-state index contributed by atoms with van der Waals surface area (Å²) < 4.78 is 11.7. The van der Waals surface area contributed by atoms with E-state index in [1.807, 2.05) is 38.1 Å². The van der Waals surface area contributed by atoms with Gasteiger partial charge in [-0.05, 0) is 52.6 Å². The summed E-state index contributed by atoms with van der Waals surface area (Å²) in [6, 6.07) is 7.75. The van der Waals surface area contributed by atoms with Crippen molar-refractivity contribution in [3.63, 3.8) is 0 Å². The number of ether oxygens (including phenoxy) is 2. The van der Waals surface area contributed by atoms with Crippen LogP contribution in [0.4, 0.5) is 0 Å². The van der Waals surface area contributed by atoms with Gasteiger partial charge in [0, 0.05) is 3.57 Å². The van der Waals surface area contributed by atoms with Crippen molar-refractivity contribution in [1.82, 2.24) is 0 Å². The van der Waals surface area contributed by atoms with Crippen molar-refractivity contribution in [2.75, 3.05) is 0 Å². The molecule has 0 aliphatic rings. The highest BCUT2D eigenvalue weighted by molar-refractivity contribution is 14.1. The van der Waals surface area contributed by atoms with E-state index in [2.05, 4.69) is 29.5 Å². The number of rotatable bonds is 9. The van der Waals surface area contributed by atoms with Crippen LogP contribution in [0, 0.1) is 9.49 Å². The largest absolute Gasteiger partial charge is 0.462 e. The van der Waals surface area contributed by atoms with Crippen molar-refractivity contribution in [2.45, 2.75) is 59.2 Å². The maximum Gasteiger partial charge on any atom is 0.306 e. The molecule has 0 saturated carbocycles. The number of carbonyl (C=O) groups excluding carboxylic acids is 2. The third kappa shape index (κ3) is 8.34. The molecule has 4 nitrogen and oxygen atoms in total. The lowest BCUT2D eigenvalue weighted by atomic mass is 10.0. The Morgan fingerprint density at radius 1 is 1.09 bits per heavy atom. The molecule has 128 valence electrons. The first-order chi connectivity index (χ1) is 10.9. The second kappa shape index (κ2) is 10.6. The number of carbonyl (C=O) groups is 2. The van der Waals surface area contributed by atoms with Crippen LogP contribution in [0.1, 0.15) is 52.0 Å². The minimum Gasteiger partial charge on any atom is -0.462 e. The molecular weight excluding hydrogens is 407 g/mol. The Morgan fingerprint density at radius 3 is 2.26 bits per heavy atom. The third-order valence-electron chi connectivity index (χ3n) is 3.45. The minimum absolute atomic E-state index is 0.0557. The van der Waals surface area contributed by atoms with Gasteiger partial charge in [0.1, 0.15) is 12.7 Å². The third-order valence-corrected chi connectivity index (χ3v) is 4.17. The van der Waals surface area contributed by atoms with Crippen molar-refractivity contribution in [3.8, 4) is 0 Å². The molecule has 0 N–H and O–H groups in total. The highest BCUT2D eigenvalue weighted by Crippen LogP contribution is 2.14. The molecule has 1 aromatic carbocycles. The second-order valence-corrected chi connectivity index (χ2v) is 7.09. The fourth-order valence-electron chi connectivity index (χ4n) is 2.06. The maximum absolute atomic E-state index is 11.8. The molecule has 5 heteroatoms. The van der Waals surface area contributed by atoms with E-state index < -0.39 is 0 Å². The molecule has 1 aromatic rings. The molecule has 23 heavy (non-hydrogen) atoms. The zero-order valence-electron chi connectivity index (χ0n) is 14.0. The molecule has 0 fully saturated rings. The SMILES string of the molecule is CCCC(OC(=O)CCC(=O)OCc1ccc(I)cc1)C(C)C. The quantitative estimate of drug-likeness (QED) is 0.427. The first-order valence-corrected chi connectivity index (χ1v) is 9.09. The van der Waals surface area contributed by atoms with E-state index in [1.165, 1.54) is 0 Å². The normalized spacial score (nSPS) is 12.0. The lowest BCUT2D eigenvalue weighted by Gasteiger charge is -2.20. The van der Waals surface area contributed by atoms with Crippen LogP contribution in [-0.2, 0) is 25.7 Å². The molecule has 0 aromatic heterocycles. The first-order valence-electron chi connectivity index (χ1n) is 8.02. The zero-order valence-corrected chi connectivity index (χ0v) is 16.2. The van der Waals surface area contributed by atoms with Crippen molar-refractivity contribution < 1.29 is 19.1 Å². The summed E-state index contributed by atoms with van der Waals surface area (Å²) >= 11 is 2.22. The molecule has 0 spiro atoms. The lowest BCUT2D eigenvalue weighted by Crippen LogP contribution is -2.24. The Bertz CT molecular complexity index is 496. The van der Waals surface area contributed by atoms with E-state index in [4.69, 9.17) is 9.47 Å². The van der Waals surface area contributed by atoms with E-state index in [-0.39, 0.29) is 43.4 Å². The minimum atomic E-state index is -0.378. The van der Waals surface area contributed by atoms with Gasteiger partial charge < -0.3 is 9.47 Å². The summed E-state index contributed by atoms with van der Waals surface area (Å²) in [6.45, 7) is 6.35. The van der Waals surface area contributed by atoms with Gasteiger partial charge in [-0.25, -0.2) is 0 Å². The highest BCUT2D eigenvalue weighted by atomic mass is 127. The van der Waals surface area contributed by atoms with Crippen LogP contribution < -0.4 is 0 Å². The standard InChI is InChI=1S/C18H25IO4/c1-4-5-16(13(2)3)23-18(21)11-10-17(20)22-12-14-6-8-15(19)9-7-14/h6-9,13,16H,4-5,10-12H2,1-3H3. The van der Waals surface area contributed by atoms with Gasteiger partial charge in [-0.1, -0.05) is 39.3 Å². The van der Waals surface area contributed by atoms with Gasteiger partial charge in [-0.3, -0.25) is 9.59 Å². The van der Waals surface area contributed by atoms with Crippen molar-refractivity contribution in [2.24, 2.45) is 5.92 Å². The monoisotopic (exact) mass is 432 g/mol. The summed E-state index contributed by atoms with van der Waals surface area (Å²) in [4.78, 5) is 23.5. The van der Waals surface area contributed by atoms with E-state index >= 15 is 0 Å². The Kier molecular flexibility index (Phi) is 9.21. The fourth-order valence-corrected chi connectivity index (χ4v) is 2.42. The van der Waals surface area contributed by atoms with Crippen molar-refractivity contribution >= 4 is 34.5 Å². The van der Waals surface area contributed by atoms with Crippen LogP contribution in [0.5, 0.6) is 0 Å². The molecule has 0 radical (unpaired) electrons. The summed E-state index contributed by atoms with van der Waals surface area (Å²) in [6.07, 6.45) is 1.86. The topological polar surface area (TPSA) is 52.6 Å². The lowest BCUT2D eigenvalue weighted by molar-refractivity contribution is -0.156. The van der Waals surface area contributed by atoms with E-state index in [0.29, 0.717) is 0 Å². The Balaban J connectivity index is 2.29. The molecule has 0 heterocycles. The highest BCUT2D eigenvalue weighted by Gasteiger charge is 2.18. The molecule has 0 aliphatic carbocycles. The fraction of sp³-hybridized carbons (Fsp3) is 0.556. The Morgan fingerprint density at radius 2 is 1.70 bits per heavy atom. The number of benzene rings is 1. The molecule has 1 atom stereocenters. The van der Waals surface area contributed by atoms with Crippen LogP contribution in [0.3, 0.4) is 0 Å². The van der Waals surface area contributed by atoms with Gasteiger partial charge in [0.15, 0.2) is 0 Å². The average Bonchev–Trinajstić information content (AvgIpc) is 2.52. The van der Waals surface area contributed by atoms with Gasteiger partial charge in [-0.15, -0.1) is 0 Å². The maximum atomic E-state index is 11.8. The Labute approximate surface area is 152 Å². The Hall–Kier alpha value is -1.11. The van der Waals surface area contributed by atoms with Crippen LogP contribution >= 0.6 is 22.6 Å². The molecular formula is C18H25IO4. The second-order valence-electron chi connectivity index (χ2n) is 5.85. The summed E-state index contributed by atoms with van der Waals surface area (Å²) in [7, 11) is 0. The van der Waals surface area contributed by atoms with Gasteiger partial charge >= 0.3 is 11.9 Å². The van der Waals surface area contributed by atoms with Gasteiger partial charge in [0.05, 0.1) is 12.8 Å². The number of hydrogen-bond acceptors (Lipinski definition) is 4. The number of halogens is 1. The van der Waals surface area contributed by atoms with Crippen LogP contribution in [0.25, 0.3) is 0 Å². The van der Waals surface area contributed by atoms with E-state index in [9.17, 15) is 9.59 Å². The van der Waals surface area contributed by atoms with Crippen LogP contribution in [0.2, 0.25) is 0 Å². The molecule has 0 bridgehead atoms. The summed E-state index contributed by atoms with van der Waals surface area (Å²) in [5.41, 5.74) is 0.934. The summed E-state index contributed by atoms with van der Waals surface area (Å²) in [5.74, 6) is -0.424. The molecule has 0 aliphatic heterocycles. The van der Waals surface area contributed by atoms with Crippen LogP contribution in [0.15, 0.2) is 24.3 Å². The molecule has 1 unspecified atom stereocenters. The number of esters is 2. The summed E-state index contributed by atoms with van der Waals surface area (Å²) in [5, 5.41) is 0. The smallest absolute Gasteiger partial charge is 0.306 e. The van der Waals surface area contributed by atoms with Crippen molar-refractivity contribution in [3.05, 3.63) is 33.4 Å². The first kappa shape index (κ1) is 19.9.